The van der Waals surface area contributed by atoms with E-state index >= 15 is 0 Å². The lowest BCUT2D eigenvalue weighted by Crippen LogP contribution is -2.29. The topological polar surface area (TPSA) is 50.3 Å². The summed E-state index contributed by atoms with van der Waals surface area (Å²) in [5.41, 5.74) is 0.795. The van der Waals surface area contributed by atoms with Crippen LogP contribution in [0.3, 0.4) is 0 Å². The third kappa shape index (κ3) is 4.37. The largest absolute Gasteiger partial charge is 0.261 e. The quantitative estimate of drug-likeness (QED) is 0.780. The van der Waals surface area contributed by atoms with Crippen LogP contribution in [0.25, 0.3) is 0 Å². The van der Waals surface area contributed by atoms with Crippen molar-refractivity contribution in [3.05, 3.63) is 50.9 Å². The highest BCUT2D eigenvalue weighted by Crippen LogP contribution is 2.21. The van der Waals surface area contributed by atoms with E-state index in [0.717, 1.165) is 15.0 Å². The van der Waals surface area contributed by atoms with E-state index in [-0.39, 0.29) is 5.75 Å². The lowest BCUT2D eigenvalue weighted by Gasteiger charge is -2.16. The number of pyridine rings is 1. The molecular weight excluding hydrogens is 360 g/mol. The minimum atomic E-state index is -3.26. The molecule has 20 heavy (non-hydrogen) atoms. The molecule has 2 aromatic heterocycles. The molecule has 4 nitrogen and oxygen atoms in total. The van der Waals surface area contributed by atoms with Gasteiger partial charge in [-0.3, -0.25) is 4.98 Å². The molecule has 0 saturated carbocycles. The molecule has 7 heteroatoms. The van der Waals surface area contributed by atoms with Crippen LogP contribution in [0.1, 0.15) is 10.6 Å². The maximum Gasteiger partial charge on any atom is 0.214 e. The number of rotatable bonds is 6. The molecule has 0 aliphatic carbocycles. The Bertz CT molecular complexity index is 656. The van der Waals surface area contributed by atoms with Crippen LogP contribution in [-0.2, 0) is 23.0 Å². The summed E-state index contributed by atoms with van der Waals surface area (Å²) in [7, 11) is -1.65. The molecule has 0 fully saturated rings. The van der Waals surface area contributed by atoms with Crippen LogP contribution in [0.2, 0.25) is 0 Å². The minimum absolute atomic E-state index is 0.0764. The Morgan fingerprint density at radius 1 is 1.40 bits per heavy atom. The number of nitrogens with zero attached hydrogens (tertiary/aromatic N) is 2. The van der Waals surface area contributed by atoms with Crippen molar-refractivity contribution in [1.82, 2.24) is 9.29 Å². The zero-order valence-corrected chi connectivity index (χ0v) is 14.2. The molecule has 0 atom stereocenters. The van der Waals surface area contributed by atoms with Gasteiger partial charge in [0.1, 0.15) is 0 Å². The Morgan fingerprint density at radius 2 is 2.20 bits per heavy atom. The first kappa shape index (κ1) is 15.6. The monoisotopic (exact) mass is 374 g/mol. The first-order valence-corrected chi connectivity index (χ1v) is 9.32. The minimum Gasteiger partial charge on any atom is -0.261 e. The maximum atomic E-state index is 12.2. The first-order chi connectivity index (χ1) is 9.47. The fourth-order valence-corrected chi connectivity index (χ4v) is 4.39. The molecule has 0 bridgehead atoms. The molecule has 2 aromatic rings. The number of thiophene rings is 1. The van der Waals surface area contributed by atoms with Crippen LogP contribution < -0.4 is 0 Å². The predicted molar refractivity (Wildman–Crippen MR) is 85.2 cm³/mol. The lowest BCUT2D eigenvalue weighted by molar-refractivity contribution is 0.469. The van der Waals surface area contributed by atoms with E-state index in [1.54, 1.807) is 24.6 Å². The highest BCUT2D eigenvalue weighted by molar-refractivity contribution is 9.10. The van der Waals surface area contributed by atoms with Gasteiger partial charge in [0.25, 0.3) is 0 Å². The molecular formula is C13H15BrN2O2S2. The SMILES string of the molecule is CN(Cc1cc(Br)cs1)S(=O)(=O)CCc1ccccn1. The van der Waals surface area contributed by atoms with Crippen LogP contribution in [0, 0.1) is 0 Å². The van der Waals surface area contributed by atoms with Crippen LogP contribution in [0.15, 0.2) is 40.3 Å². The van der Waals surface area contributed by atoms with Crippen molar-refractivity contribution < 1.29 is 8.42 Å². The summed E-state index contributed by atoms with van der Waals surface area (Å²) < 4.78 is 26.8. The summed E-state index contributed by atoms with van der Waals surface area (Å²) in [4.78, 5) is 5.16. The van der Waals surface area contributed by atoms with Crippen LogP contribution in [0.5, 0.6) is 0 Å². The second kappa shape index (κ2) is 6.80. The molecule has 0 spiro atoms. The van der Waals surface area contributed by atoms with Gasteiger partial charge in [-0.1, -0.05) is 6.07 Å². The fourth-order valence-electron chi connectivity index (χ4n) is 1.69. The molecule has 0 N–H and O–H groups in total. The Morgan fingerprint density at radius 3 is 2.80 bits per heavy atom. The summed E-state index contributed by atoms with van der Waals surface area (Å²) in [6, 6.07) is 7.46. The van der Waals surface area contributed by atoms with Crippen molar-refractivity contribution in [2.24, 2.45) is 0 Å². The molecule has 2 heterocycles. The summed E-state index contributed by atoms with van der Waals surface area (Å²) >= 11 is 4.91. The zero-order valence-electron chi connectivity index (χ0n) is 11.0. The molecule has 0 aliphatic heterocycles. The summed E-state index contributed by atoms with van der Waals surface area (Å²) in [6.45, 7) is 0.404. The Hall–Kier alpha value is -0.760. The maximum absolute atomic E-state index is 12.2. The number of hydrogen-bond acceptors (Lipinski definition) is 4. The standard InChI is InChI=1S/C13H15BrN2O2S2/c1-16(9-13-8-11(14)10-19-13)20(17,18)7-5-12-4-2-3-6-15-12/h2-4,6,8,10H,5,7,9H2,1H3. The van der Waals surface area contributed by atoms with Crippen LogP contribution >= 0.6 is 27.3 Å². The molecule has 0 aromatic carbocycles. The van der Waals surface area contributed by atoms with E-state index in [9.17, 15) is 8.42 Å². The highest BCUT2D eigenvalue weighted by atomic mass is 79.9. The van der Waals surface area contributed by atoms with Gasteiger partial charge in [-0.2, -0.15) is 4.31 Å². The smallest absolute Gasteiger partial charge is 0.214 e. The number of hydrogen-bond donors (Lipinski definition) is 0. The molecule has 108 valence electrons. The molecule has 2 rings (SSSR count). The molecule has 0 radical (unpaired) electrons. The number of sulfonamides is 1. The van der Waals surface area contributed by atoms with E-state index in [1.165, 1.54) is 4.31 Å². The summed E-state index contributed by atoms with van der Waals surface area (Å²) in [5, 5.41) is 1.95. The summed E-state index contributed by atoms with van der Waals surface area (Å²) in [6.07, 6.45) is 2.11. The van der Waals surface area contributed by atoms with Crippen LogP contribution in [0.4, 0.5) is 0 Å². The van der Waals surface area contributed by atoms with E-state index < -0.39 is 10.0 Å². The van der Waals surface area contributed by atoms with Crippen molar-refractivity contribution >= 4 is 37.3 Å². The zero-order chi connectivity index (χ0) is 14.6. The molecule has 0 amide bonds. The van der Waals surface area contributed by atoms with Gasteiger partial charge >= 0.3 is 0 Å². The summed E-state index contributed by atoms with van der Waals surface area (Å²) in [5.74, 6) is 0.0764. The Balaban J connectivity index is 1.95. The average Bonchev–Trinajstić information content (AvgIpc) is 2.83. The van der Waals surface area contributed by atoms with E-state index in [2.05, 4.69) is 20.9 Å². The first-order valence-electron chi connectivity index (χ1n) is 6.04. The van der Waals surface area contributed by atoms with Gasteiger partial charge in [-0.05, 0) is 34.1 Å². The van der Waals surface area contributed by atoms with Gasteiger partial charge in [0.2, 0.25) is 10.0 Å². The van der Waals surface area contributed by atoms with Crippen molar-refractivity contribution in [3.8, 4) is 0 Å². The van der Waals surface area contributed by atoms with Gasteiger partial charge < -0.3 is 0 Å². The fraction of sp³-hybridized carbons (Fsp3) is 0.308. The van der Waals surface area contributed by atoms with E-state index in [0.29, 0.717) is 13.0 Å². The highest BCUT2D eigenvalue weighted by Gasteiger charge is 2.18. The van der Waals surface area contributed by atoms with E-state index in [4.69, 9.17) is 0 Å². The number of aromatic nitrogens is 1. The Labute approximate surface area is 131 Å². The average molecular weight is 375 g/mol. The van der Waals surface area contributed by atoms with Crippen LogP contribution in [-0.4, -0.2) is 30.5 Å². The molecule has 0 aliphatic rings. The normalized spacial score (nSPS) is 11.9. The van der Waals surface area contributed by atoms with Crippen molar-refractivity contribution in [2.75, 3.05) is 12.8 Å². The van der Waals surface area contributed by atoms with Crippen molar-refractivity contribution in [2.45, 2.75) is 13.0 Å². The second-order valence-corrected chi connectivity index (χ2v) is 8.48. The number of halogens is 1. The molecule has 0 saturated heterocycles. The van der Waals surface area contributed by atoms with Gasteiger partial charge in [-0.25, -0.2) is 8.42 Å². The third-order valence-corrected chi connectivity index (χ3v) is 6.30. The number of aryl methyl sites for hydroxylation is 1. The lowest BCUT2D eigenvalue weighted by atomic mass is 10.3. The van der Waals surface area contributed by atoms with Crippen molar-refractivity contribution in [1.29, 1.82) is 0 Å². The Kier molecular flexibility index (Phi) is 5.31. The second-order valence-electron chi connectivity index (χ2n) is 4.37. The predicted octanol–water partition coefficient (Wildman–Crippen LogP) is 2.91. The molecule has 0 unspecified atom stereocenters. The van der Waals surface area contributed by atoms with Crippen molar-refractivity contribution in [3.63, 3.8) is 0 Å². The van der Waals surface area contributed by atoms with Gasteiger partial charge in [-0.15, -0.1) is 11.3 Å². The van der Waals surface area contributed by atoms with Gasteiger partial charge in [0, 0.05) is 46.6 Å². The van der Waals surface area contributed by atoms with Gasteiger partial charge in [0.05, 0.1) is 5.75 Å². The third-order valence-electron chi connectivity index (χ3n) is 2.82. The van der Waals surface area contributed by atoms with E-state index in [1.807, 2.05) is 29.6 Å². The van der Waals surface area contributed by atoms with Gasteiger partial charge in [0.15, 0.2) is 0 Å².